The minimum Gasteiger partial charge on any atom is -0.367 e. The number of morpholine rings is 1. The van der Waals surface area contributed by atoms with Crippen molar-refractivity contribution in [2.24, 2.45) is 0 Å². The lowest BCUT2D eigenvalue weighted by Crippen LogP contribution is -2.89. The molecule has 2 heteroatoms. The third-order valence-corrected chi connectivity index (χ3v) is 1.22. The van der Waals surface area contributed by atoms with Crippen molar-refractivity contribution in [2.45, 2.75) is 13.0 Å². The Hall–Kier alpha value is -0.0800. The van der Waals surface area contributed by atoms with E-state index < -0.39 is 0 Å². The van der Waals surface area contributed by atoms with Gasteiger partial charge in [-0.05, 0) is 6.92 Å². The molecule has 1 saturated heterocycles. The fraction of sp³-hybridized carbons (Fsp3) is 1.00. The zero-order chi connectivity index (χ0) is 5.11. The molecule has 1 aliphatic heterocycles. The smallest absolute Gasteiger partial charge is 0.104 e. The molecular formula is C5H12NO+. The molecule has 0 amide bonds. The summed E-state index contributed by atoms with van der Waals surface area (Å²) in [7, 11) is 0. The molecular weight excluding hydrogens is 90.1 g/mol. The Morgan fingerprint density at radius 2 is 2.57 bits per heavy atom. The lowest BCUT2D eigenvalue weighted by molar-refractivity contribution is -0.676. The normalized spacial score (nSPS) is 33.0. The van der Waals surface area contributed by atoms with Gasteiger partial charge in [0.2, 0.25) is 0 Å². The molecule has 1 atom stereocenters. The molecule has 0 spiro atoms. The van der Waals surface area contributed by atoms with Crippen molar-refractivity contribution in [1.82, 2.24) is 0 Å². The highest BCUT2D eigenvalue weighted by Crippen LogP contribution is 1.85. The van der Waals surface area contributed by atoms with Crippen molar-refractivity contribution in [3.05, 3.63) is 0 Å². The molecule has 0 radical (unpaired) electrons. The molecule has 0 aliphatic carbocycles. The minimum atomic E-state index is 0.480. The SMILES string of the molecule is CC1C[NH2+]CCO1. The maximum atomic E-state index is 5.25. The first-order chi connectivity index (χ1) is 3.39. The summed E-state index contributed by atoms with van der Waals surface area (Å²) in [6, 6.07) is 0. The fourth-order valence-electron chi connectivity index (χ4n) is 0.773. The Morgan fingerprint density at radius 3 is 2.86 bits per heavy atom. The zero-order valence-corrected chi connectivity index (χ0v) is 4.68. The van der Waals surface area contributed by atoms with E-state index in [9.17, 15) is 0 Å². The monoisotopic (exact) mass is 102 g/mol. The molecule has 1 heterocycles. The van der Waals surface area contributed by atoms with E-state index in [4.69, 9.17) is 4.74 Å². The lowest BCUT2D eigenvalue weighted by atomic mass is 10.3. The largest absolute Gasteiger partial charge is 0.367 e. The van der Waals surface area contributed by atoms with E-state index in [1.54, 1.807) is 0 Å². The molecule has 0 aromatic rings. The van der Waals surface area contributed by atoms with Crippen LogP contribution in [-0.2, 0) is 4.74 Å². The van der Waals surface area contributed by atoms with Gasteiger partial charge in [0.05, 0.1) is 13.2 Å². The van der Waals surface area contributed by atoms with Crippen LogP contribution in [0.1, 0.15) is 6.92 Å². The first-order valence-electron chi connectivity index (χ1n) is 2.83. The van der Waals surface area contributed by atoms with E-state index in [2.05, 4.69) is 12.2 Å². The number of ether oxygens (including phenoxy) is 1. The fourth-order valence-corrected chi connectivity index (χ4v) is 0.773. The maximum Gasteiger partial charge on any atom is 0.104 e. The Kier molecular flexibility index (Phi) is 1.65. The second-order valence-electron chi connectivity index (χ2n) is 1.99. The van der Waals surface area contributed by atoms with Gasteiger partial charge < -0.3 is 10.1 Å². The molecule has 1 aliphatic rings. The number of hydrogen-bond donors (Lipinski definition) is 1. The minimum absolute atomic E-state index is 0.480. The second-order valence-corrected chi connectivity index (χ2v) is 1.99. The van der Waals surface area contributed by atoms with E-state index in [0.29, 0.717) is 6.10 Å². The van der Waals surface area contributed by atoms with Gasteiger partial charge in [0.25, 0.3) is 0 Å². The molecule has 42 valence electrons. The van der Waals surface area contributed by atoms with Gasteiger partial charge >= 0.3 is 0 Å². The maximum absolute atomic E-state index is 5.25. The van der Waals surface area contributed by atoms with Crippen LogP contribution in [0.25, 0.3) is 0 Å². The van der Waals surface area contributed by atoms with Crippen molar-refractivity contribution in [3.63, 3.8) is 0 Å². The highest BCUT2D eigenvalue weighted by Gasteiger charge is 2.08. The Bertz CT molecular complexity index is 50.0. The van der Waals surface area contributed by atoms with Crippen LogP contribution in [0.4, 0.5) is 0 Å². The van der Waals surface area contributed by atoms with Crippen LogP contribution >= 0.6 is 0 Å². The summed E-state index contributed by atoms with van der Waals surface area (Å²) in [5.74, 6) is 0. The summed E-state index contributed by atoms with van der Waals surface area (Å²) >= 11 is 0. The van der Waals surface area contributed by atoms with Gasteiger partial charge in [-0.1, -0.05) is 0 Å². The van der Waals surface area contributed by atoms with E-state index in [0.717, 1.165) is 19.7 Å². The highest BCUT2D eigenvalue weighted by atomic mass is 16.5. The van der Waals surface area contributed by atoms with Crippen LogP contribution in [0, 0.1) is 0 Å². The van der Waals surface area contributed by atoms with Crippen LogP contribution in [-0.4, -0.2) is 25.8 Å². The molecule has 1 unspecified atom stereocenters. The van der Waals surface area contributed by atoms with Crippen molar-refractivity contribution < 1.29 is 10.1 Å². The van der Waals surface area contributed by atoms with Gasteiger partial charge in [-0.3, -0.25) is 0 Å². The predicted octanol–water partition coefficient (Wildman–Crippen LogP) is -1.03. The predicted molar refractivity (Wildman–Crippen MR) is 27.1 cm³/mol. The van der Waals surface area contributed by atoms with E-state index >= 15 is 0 Å². The van der Waals surface area contributed by atoms with Crippen LogP contribution in [0.15, 0.2) is 0 Å². The molecule has 2 N–H and O–H groups in total. The summed E-state index contributed by atoms with van der Waals surface area (Å²) in [5, 5.41) is 2.29. The molecule has 2 nitrogen and oxygen atoms in total. The third-order valence-electron chi connectivity index (χ3n) is 1.22. The van der Waals surface area contributed by atoms with E-state index in [1.165, 1.54) is 0 Å². The summed E-state index contributed by atoms with van der Waals surface area (Å²) in [5.41, 5.74) is 0. The van der Waals surface area contributed by atoms with Crippen molar-refractivity contribution in [3.8, 4) is 0 Å². The zero-order valence-electron chi connectivity index (χ0n) is 4.68. The third kappa shape index (κ3) is 1.45. The molecule has 0 aromatic heterocycles. The van der Waals surface area contributed by atoms with Gasteiger partial charge in [-0.2, -0.15) is 0 Å². The summed E-state index contributed by atoms with van der Waals surface area (Å²) in [6.07, 6.45) is 0.480. The summed E-state index contributed by atoms with van der Waals surface area (Å²) in [6.45, 7) is 5.32. The number of nitrogens with two attached hydrogens (primary N) is 1. The van der Waals surface area contributed by atoms with Crippen molar-refractivity contribution in [2.75, 3.05) is 19.7 Å². The second kappa shape index (κ2) is 2.28. The van der Waals surface area contributed by atoms with Crippen molar-refractivity contribution in [1.29, 1.82) is 0 Å². The molecule has 0 bridgehead atoms. The topological polar surface area (TPSA) is 25.8 Å². The molecule has 1 fully saturated rings. The molecule has 7 heavy (non-hydrogen) atoms. The Morgan fingerprint density at radius 1 is 1.71 bits per heavy atom. The molecule has 0 saturated carbocycles. The quantitative estimate of drug-likeness (QED) is 0.416. The van der Waals surface area contributed by atoms with Crippen LogP contribution in [0.5, 0.6) is 0 Å². The van der Waals surface area contributed by atoms with Crippen LogP contribution in [0.3, 0.4) is 0 Å². The average Bonchev–Trinajstić information content (AvgIpc) is 1.69. The average molecular weight is 102 g/mol. The Balaban J connectivity index is 2.12. The Labute approximate surface area is 43.9 Å². The van der Waals surface area contributed by atoms with Gasteiger partial charge in [0.15, 0.2) is 0 Å². The number of rotatable bonds is 0. The highest BCUT2D eigenvalue weighted by molar-refractivity contribution is 4.46. The first kappa shape index (κ1) is 5.06. The van der Waals surface area contributed by atoms with Gasteiger partial charge in [0.1, 0.15) is 12.6 Å². The molecule has 0 aromatic carbocycles. The van der Waals surface area contributed by atoms with Crippen LogP contribution in [0.2, 0.25) is 0 Å². The molecule has 1 rings (SSSR count). The number of quaternary nitrogens is 1. The van der Waals surface area contributed by atoms with Gasteiger partial charge in [-0.25, -0.2) is 0 Å². The van der Waals surface area contributed by atoms with Gasteiger partial charge in [0, 0.05) is 0 Å². The van der Waals surface area contributed by atoms with Gasteiger partial charge in [-0.15, -0.1) is 0 Å². The lowest BCUT2D eigenvalue weighted by Gasteiger charge is -2.15. The summed E-state index contributed by atoms with van der Waals surface area (Å²) < 4.78 is 5.25. The van der Waals surface area contributed by atoms with Crippen molar-refractivity contribution >= 4 is 0 Å². The number of hydrogen-bond acceptors (Lipinski definition) is 1. The van der Waals surface area contributed by atoms with E-state index in [1.807, 2.05) is 0 Å². The van der Waals surface area contributed by atoms with Crippen LogP contribution < -0.4 is 5.32 Å². The standard InChI is InChI=1S/C5H11NO/c1-5-4-6-2-3-7-5/h5-6H,2-4H2,1H3/p+1. The van der Waals surface area contributed by atoms with E-state index in [-0.39, 0.29) is 0 Å². The first-order valence-corrected chi connectivity index (χ1v) is 2.83. The summed E-state index contributed by atoms with van der Waals surface area (Å²) in [4.78, 5) is 0.